The van der Waals surface area contributed by atoms with Crippen LogP contribution in [0.15, 0.2) is 23.2 Å². The zero-order chi connectivity index (χ0) is 16.9. The largest absolute Gasteiger partial charge is 0.382 e. The molecule has 0 aliphatic rings. The third kappa shape index (κ3) is 8.47. The van der Waals surface area contributed by atoms with E-state index in [4.69, 9.17) is 9.47 Å². The van der Waals surface area contributed by atoms with Crippen molar-refractivity contribution in [2.75, 3.05) is 47.1 Å². The van der Waals surface area contributed by atoms with Crippen LogP contribution < -0.4 is 10.6 Å². The molecule has 0 unspecified atom stereocenters. The second-order valence-electron chi connectivity index (χ2n) is 4.87. The molecule has 1 rings (SSSR count). The smallest absolute Gasteiger partial charge is 0.190 e. The van der Waals surface area contributed by atoms with Crippen molar-refractivity contribution in [1.29, 1.82) is 0 Å². The molecule has 0 radical (unpaired) electrons. The molecule has 0 aliphatic carbocycles. The van der Waals surface area contributed by atoms with Crippen LogP contribution in [0.3, 0.4) is 0 Å². The first-order chi connectivity index (χ1) is 11.2. The average Bonchev–Trinajstić information content (AvgIpc) is 2.55. The quantitative estimate of drug-likeness (QED) is 0.390. The molecule has 1 aromatic rings. The van der Waals surface area contributed by atoms with Crippen molar-refractivity contribution >= 4 is 5.96 Å². The van der Waals surface area contributed by atoms with E-state index in [0.717, 1.165) is 18.6 Å². The average molecular weight is 329 g/mol. The number of aliphatic imine (C=N–C) groups is 1. The van der Waals surface area contributed by atoms with Gasteiger partial charge in [0.05, 0.1) is 13.2 Å². The molecule has 0 aliphatic heterocycles. The van der Waals surface area contributed by atoms with Crippen molar-refractivity contribution in [3.8, 4) is 0 Å². The number of guanidine groups is 1. The van der Waals surface area contributed by atoms with Crippen molar-refractivity contribution in [3.05, 3.63) is 35.4 Å². The molecule has 2 N–H and O–H groups in total. The van der Waals surface area contributed by atoms with E-state index in [-0.39, 0.29) is 0 Å². The maximum atomic E-state index is 13.5. The molecule has 1 aromatic carbocycles. The van der Waals surface area contributed by atoms with Gasteiger partial charge in [-0.2, -0.15) is 0 Å². The summed E-state index contributed by atoms with van der Waals surface area (Å²) in [6.45, 7) is 2.99. The van der Waals surface area contributed by atoms with Crippen LogP contribution in [0.5, 0.6) is 0 Å². The van der Waals surface area contributed by atoms with E-state index in [1.165, 1.54) is 6.07 Å². The van der Waals surface area contributed by atoms with E-state index in [0.29, 0.717) is 50.9 Å². The minimum absolute atomic E-state index is 0.347. The Hall–Kier alpha value is -1.73. The monoisotopic (exact) mass is 329 g/mol. The Bertz CT molecular complexity index is 484. The highest BCUT2D eigenvalue weighted by Gasteiger charge is 2.04. The SMILES string of the molecule is CN=C(NCCCOCCOC)NCCc1cc(F)ccc1F. The number of hydrogen-bond acceptors (Lipinski definition) is 3. The van der Waals surface area contributed by atoms with Crippen LogP contribution in [0.1, 0.15) is 12.0 Å². The summed E-state index contributed by atoms with van der Waals surface area (Å²) < 4.78 is 36.8. The van der Waals surface area contributed by atoms with Crippen LogP contribution in [-0.4, -0.2) is 53.0 Å². The molecule has 0 heterocycles. The van der Waals surface area contributed by atoms with Gasteiger partial charge in [0.1, 0.15) is 11.6 Å². The summed E-state index contributed by atoms with van der Waals surface area (Å²) in [6.07, 6.45) is 1.22. The van der Waals surface area contributed by atoms with Crippen LogP contribution in [0.2, 0.25) is 0 Å². The highest BCUT2D eigenvalue weighted by Crippen LogP contribution is 2.09. The number of benzene rings is 1. The van der Waals surface area contributed by atoms with Gasteiger partial charge in [0, 0.05) is 33.9 Å². The standard InChI is InChI=1S/C16H25F2N3O2/c1-19-16(20-7-3-9-23-11-10-22-2)21-8-6-13-12-14(17)4-5-15(13)18/h4-5,12H,3,6-11H2,1-2H3,(H2,19,20,21). The van der Waals surface area contributed by atoms with Crippen LogP contribution in [-0.2, 0) is 15.9 Å². The lowest BCUT2D eigenvalue weighted by Gasteiger charge is -2.12. The minimum Gasteiger partial charge on any atom is -0.382 e. The van der Waals surface area contributed by atoms with Crippen molar-refractivity contribution < 1.29 is 18.3 Å². The molecule has 7 heteroatoms. The molecule has 0 aromatic heterocycles. The fraction of sp³-hybridized carbons (Fsp3) is 0.562. The zero-order valence-electron chi connectivity index (χ0n) is 13.7. The van der Waals surface area contributed by atoms with Gasteiger partial charge in [-0.25, -0.2) is 8.78 Å². The number of halogens is 2. The summed E-state index contributed by atoms with van der Waals surface area (Å²) >= 11 is 0. The molecule has 0 spiro atoms. The van der Waals surface area contributed by atoms with Crippen LogP contribution >= 0.6 is 0 Å². The Labute approximate surface area is 136 Å². The Morgan fingerprint density at radius 1 is 1.13 bits per heavy atom. The van der Waals surface area contributed by atoms with Crippen LogP contribution in [0.25, 0.3) is 0 Å². The third-order valence-corrected chi connectivity index (χ3v) is 3.11. The van der Waals surface area contributed by atoms with Gasteiger partial charge in [0.25, 0.3) is 0 Å². The highest BCUT2D eigenvalue weighted by molar-refractivity contribution is 5.79. The van der Waals surface area contributed by atoms with Crippen molar-refractivity contribution in [1.82, 2.24) is 10.6 Å². The summed E-state index contributed by atoms with van der Waals surface area (Å²) in [5.74, 6) is -0.208. The first-order valence-corrected chi connectivity index (χ1v) is 7.62. The molecule has 0 saturated carbocycles. The fourth-order valence-corrected chi connectivity index (χ4v) is 1.90. The molecular formula is C16H25F2N3O2. The maximum absolute atomic E-state index is 13.5. The summed E-state index contributed by atoms with van der Waals surface area (Å²) in [7, 11) is 3.30. The number of ether oxygens (including phenoxy) is 2. The zero-order valence-corrected chi connectivity index (χ0v) is 13.7. The molecule has 23 heavy (non-hydrogen) atoms. The van der Waals surface area contributed by atoms with E-state index in [9.17, 15) is 8.78 Å². The fourth-order valence-electron chi connectivity index (χ4n) is 1.90. The number of methoxy groups -OCH3 is 1. The Kier molecular flexibility index (Phi) is 9.90. The van der Waals surface area contributed by atoms with E-state index in [2.05, 4.69) is 15.6 Å². The lowest BCUT2D eigenvalue weighted by molar-refractivity contribution is 0.0698. The molecule has 0 atom stereocenters. The van der Waals surface area contributed by atoms with Gasteiger partial charge in [0.2, 0.25) is 0 Å². The van der Waals surface area contributed by atoms with E-state index < -0.39 is 11.6 Å². The normalized spacial score (nSPS) is 11.6. The summed E-state index contributed by atoms with van der Waals surface area (Å²) in [5, 5.41) is 6.20. The van der Waals surface area contributed by atoms with Gasteiger partial charge in [-0.1, -0.05) is 0 Å². The molecule has 0 fully saturated rings. The number of rotatable bonds is 10. The number of nitrogens with zero attached hydrogens (tertiary/aromatic N) is 1. The maximum Gasteiger partial charge on any atom is 0.190 e. The lowest BCUT2D eigenvalue weighted by Crippen LogP contribution is -2.39. The van der Waals surface area contributed by atoms with Gasteiger partial charge < -0.3 is 20.1 Å². The predicted molar refractivity (Wildman–Crippen MR) is 86.7 cm³/mol. The first kappa shape index (κ1) is 19.3. The van der Waals surface area contributed by atoms with E-state index in [1.54, 1.807) is 14.2 Å². The number of hydrogen-bond donors (Lipinski definition) is 2. The van der Waals surface area contributed by atoms with Gasteiger partial charge in [-0.15, -0.1) is 0 Å². The van der Waals surface area contributed by atoms with E-state index in [1.807, 2.05) is 0 Å². The van der Waals surface area contributed by atoms with Crippen molar-refractivity contribution in [2.45, 2.75) is 12.8 Å². The van der Waals surface area contributed by atoms with Gasteiger partial charge in [0.15, 0.2) is 5.96 Å². The molecule has 130 valence electrons. The van der Waals surface area contributed by atoms with Crippen LogP contribution in [0, 0.1) is 11.6 Å². The van der Waals surface area contributed by atoms with Crippen molar-refractivity contribution in [3.63, 3.8) is 0 Å². The van der Waals surface area contributed by atoms with Gasteiger partial charge in [-0.3, -0.25) is 4.99 Å². The number of nitrogens with one attached hydrogen (secondary N) is 2. The van der Waals surface area contributed by atoms with Gasteiger partial charge in [-0.05, 0) is 36.6 Å². The second-order valence-corrected chi connectivity index (χ2v) is 4.87. The predicted octanol–water partition coefficient (Wildman–Crippen LogP) is 1.73. The van der Waals surface area contributed by atoms with Crippen LogP contribution in [0.4, 0.5) is 8.78 Å². The van der Waals surface area contributed by atoms with Gasteiger partial charge >= 0.3 is 0 Å². The minimum atomic E-state index is -0.433. The molecule has 5 nitrogen and oxygen atoms in total. The molecule has 0 bridgehead atoms. The summed E-state index contributed by atoms with van der Waals surface area (Å²) in [6, 6.07) is 3.47. The first-order valence-electron chi connectivity index (χ1n) is 7.62. The summed E-state index contributed by atoms with van der Waals surface area (Å²) in [4.78, 5) is 4.07. The van der Waals surface area contributed by atoms with E-state index >= 15 is 0 Å². The molecular weight excluding hydrogens is 304 g/mol. The molecule has 0 amide bonds. The topological polar surface area (TPSA) is 54.9 Å². The Balaban J connectivity index is 2.18. The third-order valence-electron chi connectivity index (χ3n) is 3.11. The summed E-state index contributed by atoms with van der Waals surface area (Å²) in [5.41, 5.74) is 0.347. The highest BCUT2D eigenvalue weighted by atomic mass is 19.1. The Morgan fingerprint density at radius 3 is 2.65 bits per heavy atom. The second kappa shape index (κ2) is 11.8. The molecule has 0 saturated heterocycles. The van der Waals surface area contributed by atoms with Crippen molar-refractivity contribution in [2.24, 2.45) is 4.99 Å². The Morgan fingerprint density at radius 2 is 1.91 bits per heavy atom. The lowest BCUT2D eigenvalue weighted by atomic mass is 10.1.